The highest BCUT2D eigenvalue weighted by atomic mass is 16.2. The van der Waals surface area contributed by atoms with Crippen molar-refractivity contribution in [3.63, 3.8) is 0 Å². The van der Waals surface area contributed by atoms with Gasteiger partial charge in [-0.1, -0.05) is 5.21 Å². The first-order valence-corrected chi connectivity index (χ1v) is 6.51. The standard InChI is InChI=1S/C12H18N8O/c1-4-20-10(8-16-18-20)7-15-12(21)17-9-5-13-11(14-6-9)19(2)3/h5-6,8H,4,7H2,1-3H3,(H2,15,17,21). The van der Waals surface area contributed by atoms with E-state index in [4.69, 9.17) is 0 Å². The number of anilines is 2. The van der Waals surface area contributed by atoms with Gasteiger partial charge in [-0.25, -0.2) is 19.4 Å². The van der Waals surface area contributed by atoms with Crippen LogP contribution >= 0.6 is 0 Å². The molecule has 112 valence electrons. The minimum atomic E-state index is -0.333. The van der Waals surface area contributed by atoms with Crippen LogP contribution in [0.25, 0.3) is 0 Å². The number of carbonyl (C=O) groups is 1. The molecule has 0 aliphatic heterocycles. The maximum Gasteiger partial charge on any atom is 0.319 e. The maximum absolute atomic E-state index is 11.8. The SMILES string of the molecule is CCn1nncc1CNC(=O)Nc1cnc(N(C)C)nc1. The Labute approximate surface area is 122 Å². The van der Waals surface area contributed by atoms with E-state index in [1.165, 1.54) is 0 Å². The summed E-state index contributed by atoms with van der Waals surface area (Å²) in [5, 5.41) is 13.1. The minimum absolute atomic E-state index is 0.333. The lowest BCUT2D eigenvalue weighted by atomic mass is 10.4. The van der Waals surface area contributed by atoms with Gasteiger partial charge in [-0.15, -0.1) is 5.10 Å². The van der Waals surface area contributed by atoms with Gasteiger partial charge in [0.05, 0.1) is 36.5 Å². The van der Waals surface area contributed by atoms with Crippen LogP contribution in [-0.2, 0) is 13.1 Å². The van der Waals surface area contributed by atoms with Crippen molar-refractivity contribution in [1.82, 2.24) is 30.3 Å². The van der Waals surface area contributed by atoms with Gasteiger partial charge in [-0.05, 0) is 6.92 Å². The van der Waals surface area contributed by atoms with E-state index in [2.05, 4.69) is 30.9 Å². The molecule has 2 rings (SSSR count). The number of rotatable bonds is 5. The van der Waals surface area contributed by atoms with Crippen LogP contribution in [-0.4, -0.2) is 45.1 Å². The first kappa shape index (κ1) is 14.7. The number of urea groups is 1. The topological polar surface area (TPSA) is 101 Å². The zero-order valence-corrected chi connectivity index (χ0v) is 12.2. The molecule has 0 aliphatic carbocycles. The van der Waals surface area contributed by atoms with Gasteiger partial charge in [0.25, 0.3) is 0 Å². The second-order valence-electron chi connectivity index (χ2n) is 4.51. The molecule has 0 aromatic carbocycles. The number of aryl methyl sites for hydroxylation is 1. The molecule has 0 spiro atoms. The average Bonchev–Trinajstić information content (AvgIpc) is 2.93. The summed E-state index contributed by atoms with van der Waals surface area (Å²) in [6.45, 7) is 3.02. The molecule has 0 saturated heterocycles. The van der Waals surface area contributed by atoms with Gasteiger partial charge in [0, 0.05) is 20.6 Å². The smallest absolute Gasteiger partial charge is 0.319 e. The van der Waals surface area contributed by atoms with Crippen LogP contribution in [0.2, 0.25) is 0 Å². The van der Waals surface area contributed by atoms with Crippen LogP contribution < -0.4 is 15.5 Å². The lowest BCUT2D eigenvalue weighted by Gasteiger charge is -2.11. The van der Waals surface area contributed by atoms with Crippen LogP contribution in [0.3, 0.4) is 0 Å². The van der Waals surface area contributed by atoms with Gasteiger partial charge in [0.15, 0.2) is 0 Å². The molecule has 0 aliphatic rings. The van der Waals surface area contributed by atoms with Gasteiger partial charge < -0.3 is 15.5 Å². The Kier molecular flexibility index (Phi) is 4.64. The predicted molar refractivity (Wildman–Crippen MR) is 77.9 cm³/mol. The highest BCUT2D eigenvalue weighted by molar-refractivity contribution is 5.88. The molecule has 21 heavy (non-hydrogen) atoms. The van der Waals surface area contributed by atoms with E-state index in [1.807, 2.05) is 21.0 Å². The third-order valence-electron chi connectivity index (χ3n) is 2.72. The van der Waals surface area contributed by atoms with Crippen molar-refractivity contribution in [3.8, 4) is 0 Å². The van der Waals surface area contributed by atoms with Crippen LogP contribution in [0.15, 0.2) is 18.6 Å². The van der Waals surface area contributed by atoms with E-state index in [0.717, 1.165) is 5.69 Å². The van der Waals surface area contributed by atoms with Crippen molar-refractivity contribution in [2.75, 3.05) is 24.3 Å². The number of hydrogen-bond donors (Lipinski definition) is 2. The molecule has 2 aromatic rings. The molecule has 2 N–H and O–H groups in total. The van der Waals surface area contributed by atoms with Gasteiger partial charge >= 0.3 is 6.03 Å². The van der Waals surface area contributed by atoms with E-state index >= 15 is 0 Å². The Morgan fingerprint density at radius 1 is 1.29 bits per heavy atom. The highest BCUT2D eigenvalue weighted by Gasteiger charge is 2.06. The number of nitrogens with zero attached hydrogens (tertiary/aromatic N) is 6. The summed E-state index contributed by atoms with van der Waals surface area (Å²) in [6.07, 6.45) is 4.73. The summed E-state index contributed by atoms with van der Waals surface area (Å²) < 4.78 is 1.72. The van der Waals surface area contributed by atoms with E-state index in [1.54, 1.807) is 28.2 Å². The molecule has 2 amide bonds. The van der Waals surface area contributed by atoms with Crippen molar-refractivity contribution in [2.45, 2.75) is 20.0 Å². The largest absolute Gasteiger partial charge is 0.347 e. The molecule has 9 nitrogen and oxygen atoms in total. The van der Waals surface area contributed by atoms with Crippen LogP contribution in [0, 0.1) is 0 Å². The normalized spacial score (nSPS) is 10.2. The van der Waals surface area contributed by atoms with Crippen molar-refractivity contribution >= 4 is 17.7 Å². The zero-order chi connectivity index (χ0) is 15.2. The molecular weight excluding hydrogens is 272 g/mol. The summed E-state index contributed by atoms with van der Waals surface area (Å²) in [5.41, 5.74) is 1.37. The molecule has 0 fully saturated rings. The highest BCUT2D eigenvalue weighted by Crippen LogP contribution is 2.07. The van der Waals surface area contributed by atoms with Crippen LogP contribution in [0.5, 0.6) is 0 Å². The third kappa shape index (κ3) is 3.88. The minimum Gasteiger partial charge on any atom is -0.347 e. The van der Waals surface area contributed by atoms with E-state index in [0.29, 0.717) is 24.7 Å². The summed E-state index contributed by atoms with van der Waals surface area (Å²) in [5.74, 6) is 0.582. The van der Waals surface area contributed by atoms with Gasteiger partial charge in [0.1, 0.15) is 0 Å². The lowest BCUT2D eigenvalue weighted by Crippen LogP contribution is -2.29. The maximum atomic E-state index is 11.8. The summed E-state index contributed by atoms with van der Waals surface area (Å²) >= 11 is 0. The Hall–Kier alpha value is -2.71. The Morgan fingerprint density at radius 2 is 2.00 bits per heavy atom. The Morgan fingerprint density at radius 3 is 2.62 bits per heavy atom. The van der Waals surface area contributed by atoms with Crippen molar-refractivity contribution < 1.29 is 4.79 Å². The van der Waals surface area contributed by atoms with Gasteiger partial charge in [0.2, 0.25) is 5.95 Å². The fourth-order valence-electron chi connectivity index (χ4n) is 1.64. The molecule has 0 radical (unpaired) electrons. The second kappa shape index (κ2) is 6.64. The fourth-order valence-corrected chi connectivity index (χ4v) is 1.64. The summed E-state index contributed by atoms with van der Waals surface area (Å²) in [7, 11) is 3.69. The zero-order valence-electron chi connectivity index (χ0n) is 12.2. The summed E-state index contributed by atoms with van der Waals surface area (Å²) in [6, 6.07) is -0.333. The third-order valence-corrected chi connectivity index (χ3v) is 2.72. The van der Waals surface area contributed by atoms with E-state index in [9.17, 15) is 4.79 Å². The van der Waals surface area contributed by atoms with Gasteiger partial charge in [-0.2, -0.15) is 0 Å². The lowest BCUT2D eigenvalue weighted by molar-refractivity contribution is 0.251. The Balaban J connectivity index is 1.87. The first-order valence-electron chi connectivity index (χ1n) is 6.51. The van der Waals surface area contributed by atoms with Gasteiger partial charge in [-0.3, -0.25) is 0 Å². The van der Waals surface area contributed by atoms with Crippen molar-refractivity contribution in [2.24, 2.45) is 0 Å². The molecule has 0 saturated carbocycles. The molecular formula is C12H18N8O. The monoisotopic (exact) mass is 290 g/mol. The number of nitrogens with one attached hydrogen (secondary N) is 2. The summed E-state index contributed by atoms with van der Waals surface area (Å²) in [4.78, 5) is 21.8. The van der Waals surface area contributed by atoms with Crippen LogP contribution in [0.1, 0.15) is 12.6 Å². The predicted octanol–water partition coefficient (Wildman–Crippen LogP) is 0.476. The molecule has 2 aromatic heterocycles. The second-order valence-corrected chi connectivity index (χ2v) is 4.51. The van der Waals surface area contributed by atoms with E-state index in [-0.39, 0.29) is 6.03 Å². The molecule has 0 atom stereocenters. The fraction of sp³-hybridized carbons (Fsp3) is 0.417. The number of hydrogen-bond acceptors (Lipinski definition) is 6. The molecule has 9 heteroatoms. The van der Waals surface area contributed by atoms with Crippen molar-refractivity contribution in [1.29, 1.82) is 0 Å². The molecule has 0 unspecified atom stereocenters. The average molecular weight is 290 g/mol. The number of aromatic nitrogens is 5. The Bertz CT molecular complexity index is 592. The van der Waals surface area contributed by atoms with Crippen molar-refractivity contribution in [3.05, 3.63) is 24.3 Å². The molecule has 0 bridgehead atoms. The number of carbonyl (C=O) groups excluding carboxylic acids is 1. The molecule has 2 heterocycles. The van der Waals surface area contributed by atoms with Crippen LogP contribution in [0.4, 0.5) is 16.4 Å². The van der Waals surface area contributed by atoms with E-state index < -0.39 is 0 Å². The number of amides is 2. The first-order chi connectivity index (χ1) is 10.1. The quantitative estimate of drug-likeness (QED) is 0.830.